The van der Waals surface area contributed by atoms with E-state index in [2.05, 4.69) is 10.2 Å². The van der Waals surface area contributed by atoms with E-state index in [1.54, 1.807) is 0 Å². The summed E-state index contributed by atoms with van der Waals surface area (Å²) in [5.74, 6) is -2.63. The summed E-state index contributed by atoms with van der Waals surface area (Å²) in [7, 11) is 0. The largest absolute Gasteiger partial charge is 0.453 e. The molecular weight excluding hydrogens is 411 g/mol. The van der Waals surface area contributed by atoms with Gasteiger partial charge in [0.1, 0.15) is 17.4 Å². The second kappa shape index (κ2) is 8.99. The number of nitrogen functional groups attached to an aromatic ring is 1. The maximum atomic E-state index is 14.5. The quantitative estimate of drug-likeness (QED) is 0.457. The summed E-state index contributed by atoms with van der Waals surface area (Å²) in [5.41, 5.74) is 4.48. The third kappa shape index (κ3) is 4.52. The molecule has 0 radical (unpaired) electrons. The van der Waals surface area contributed by atoms with Crippen molar-refractivity contribution in [1.29, 1.82) is 0 Å². The fourth-order valence-electron chi connectivity index (χ4n) is 3.60. The number of nitrogens with zero attached hydrogens (tertiary/aromatic N) is 1. The number of morpholine rings is 1. The van der Waals surface area contributed by atoms with Crippen LogP contribution in [0.15, 0.2) is 39.5 Å². The van der Waals surface area contributed by atoms with Crippen molar-refractivity contribution in [2.24, 2.45) is 0 Å². The lowest BCUT2D eigenvalue weighted by Crippen LogP contribution is -2.37. The number of rotatable bonds is 6. The summed E-state index contributed by atoms with van der Waals surface area (Å²) in [6, 6.07) is 5.62. The van der Waals surface area contributed by atoms with Gasteiger partial charge >= 0.3 is 0 Å². The van der Waals surface area contributed by atoms with Gasteiger partial charge in [0.2, 0.25) is 0 Å². The zero-order valence-corrected chi connectivity index (χ0v) is 16.7. The molecule has 1 saturated heterocycles. The van der Waals surface area contributed by atoms with Crippen LogP contribution in [0, 0.1) is 17.5 Å². The molecule has 1 aromatic heterocycles. The minimum atomic E-state index is -1.01. The second-order valence-electron chi connectivity index (χ2n) is 7.36. The van der Waals surface area contributed by atoms with Gasteiger partial charge in [-0.3, -0.25) is 9.69 Å². The van der Waals surface area contributed by atoms with Gasteiger partial charge in [-0.15, -0.1) is 0 Å². The van der Waals surface area contributed by atoms with Crippen molar-refractivity contribution < 1.29 is 22.3 Å². The highest BCUT2D eigenvalue weighted by atomic mass is 19.1. The maximum absolute atomic E-state index is 14.5. The lowest BCUT2D eigenvalue weighted by atomic mass is 10.1. The maximum Gasteiger partial charge on any atom is 0.195 e. The first-order valence-corrected chi connectivity index (χ1v) is 9.99. The molecule has 1 aliphatic heterocycles. The molecule has 9 heteroatoms. The Morgan fingerprint density at radius 2 is 1.81 bits per heavy atom. The number of hydrogen-bond acceptors (Lipinski definition) is 6. The number of anilines is 2. The molecule has 3 N–H and O–H groups in total. The topological polar surface area (TPSA) is 80.7 Å². The van der Waals surface area contributed by atoms with E-state index in [9.17, 15) is 18.0 Å². The van der Waals surface area contributed by atoms with E-state index in [1.165, 1.54) is 12.1 Å². The summed E-state index contributed by atoms with van der Waals surface area (Å²) in [6.45, 7) is 4.23. The molecule has 0 spiro atoms. The van der Waals surface area contributed by atoms with E-state index < -0.39 is 28.5 Å². The summed E-state index contributed by atoms with van der Waals surface area (Å²) in [5, 5.41) is 2.68. The Labute approximate surface area is 176 Å². The van der Waals surface area contributed by atoms with Gasteiger partial charge in [-0.2, -0.15) is 0 Å². The molecule has 1 fully saturated rings. The Balaban J connectivity index is 1.61. The Kier molecular flexibility index (Phi) is 6.15. The van der Waals surface area contributed by atoms with Crippen molar-refractivity contribution in [3.05, 3.63) is 58.0 Å². The second-order valence-corrected chi connectivity index (χ2v) is 7.36. The summed E-state index contributed by atoms with van der Waals surface area (Å²) < 4.78 is 53.6. The monoisotopic (exact) mass is 433 g/mol. The Hall–Kier alpha value is -3.04. The molecule has 0 aliphatic carbocycles. The Morgan fingerprint density at radius 3 is 2.55 bits per heavy atom. The van der Waals surface area contributed by atoms with Crippen LogP contribution in [-0.2, 0) is 4.74 Å². The van der Waals surface area contributed by atoms with Crippen molar-refractivity contribution >= 4 is 22.3 Å². The van der Waals surface area contributed by atoms with Crippen LogP contribution in [0.1, 0.15) is 6.42 Å². The number of ether oxygens (including phenoxy) is 1. The van der Waals surface area contributed by atoms with Crippen molar-refractivity contribution in [3.63, 3.8) is 0 Å². The highest BCUT2D eigenvalue weighted by molar-refractivity contribution is 5.91. The zero-order valence-electron chi connectivity index (χ0n) is 16.7. The van der Waals surface area contributed by atoms with Crippen molar-refractivity contribution in [1.82, 2.24) is 4.90 Å². The molecule has 6 nitrogen and oxygen atoms in total. The van der Waals surface area contributed by atoms with Gasteiger partial charge in [0.05, 0.1) is 30.0 Å². The minimum Gasteiger partial charge on any atom is -0.453 e. The van der Waals surface area contributed by atoms with Crippen LogP contribution in [0.4, 0.5) is 24.5 Å². The van der Waals surface area contributed by atoms with Gasteiger partial charge in [0, 0.05) is 37.3 Å². The van der Waals surface area contributed by atoms with Crippen LogP contribution >= 0.6 is 0 Å². The van der Waals surface area contributed by atoms with E-state index >= 15 is 0 Å². The van der Waals surface area contributed by atoms with E-state index in [0.717, 1.165) is 31.8 Å². The highest BCUT2D eigenvalue weighted by Crippen LogP contribution is 2.31. The smallest absolute Gasteiger partial charge is 0.195 e. The SMILES string of the molecule is Nc1ccc(-c2cc(=O)c3c(NCCCN4CCOCC4)c(F)cc(F)c3o2)cc1F. The summed E-state index contributed by atoms with van der Waals surface area (Å²) >= 11 is 0. The Morgan fingerprint density at radius 1 is 1.03 bits per heavy atom. The molecule has 4 rings (SSSR count). The van der Waals surface area contributed by atoms with Gasteiger partial charge in [-0.1, -0.05) is 0 Å². The van der Waals surface area contributed by atoms with Crippen LogP contribution in [0.2, 0.25) is 0 Å². The van der Waals surface area contributed by atoms with Crippen LogP contribution in [0.3, 0.4) is 0 Å². The first-order chi connectivity index (χ1) is 14.9. The minimum absolute atomic E-state index is 0.0415. The average Bonchev–Trinajstić information content (AvgIpc) is 2.76. The number of benzene rings is 2. The molecule has 1 aliphatic rings. The predicted molar refractivity (Wildman–Crippen MR) is 113 cm³/mol. The van der Waals surface area contributed by atoms with Crippen molar-refractivity contribution in [2.45, 2.75) is 6.42 Å². The third-order valence-electron chi connectivity index (χ3n) is 5.25. The van der Waals surface area contributed by atoms with Gasteiger partial charge in [-0.05, 0) is 31.2 Å². The standard InChI is InChI=1S/C22H22F3N3O3/c23-14-10-13(2-3-17(14)26)19-12-18(29)20-21(15(24)11-16(25)22(20)31-19)27-4-1-5-28-6-8-30-9-7-28/h2-3,10-12,27H,1,4-9,26H2. The molecule has 0 bridgehead atoms. The molecule has 2 heterocycles. The lowest BCUT2D eigenvalue weighted by molar-refractivity contribution is 0.0378. The van der Waals surface area contributed by atoms with E-state index in [0.29, 0.717) is 32.2 Å². The van der Waals surface area contributed by atoms with Gasteiger partial charge in [0.15, 0.2) is 16.8 Å². The third-order valence-corrected chi connectivity index (χ3v) is 5.25. The van der Waals surface area contributed by atoms with E-state index in [-0.39, 0.29) is 28.1 Å². The first kappa shape index (κ1) is 21.2. The van der Waals surface area contributed by atoms with Gasteiger partial charge in [0.25, 0.3) is 0 Å². The van der Waals surface area contributed by atoms with Gasteiger partial charge in [-0.25, -0.2) is 13.2 Å². The van der Waals surface area contributed by atoms with E-state index in [1.807, 2.05) is 0 Å². The first-order valence-electron chi connectivity index (χ1n) is 9.99. The highest BCUT2D eigenvalue weighted by Gasteiger charge is 2.19. The zero-order chi connectivity index (χ0) is 22.0. The molecule has 164 valence electrons. The van der Waals surface area contributed by atoms with Crippen molar-refractivity contribution in [3.8, 4) is 11.3 Å². The van der Waals surface area contributed by atoms with Gasteiger partial charge < -0.3 is 20.2 Å². The number of halogens is 3. The summed E-state index contributed by atoms with van der Waals surface area (Å²) in [6.07, 6.45) is 0.701. The Bertz CT molecular complexity index is 1160. The van der Waals surface area contributed by atoms with Crippen LogP contribution in [0.25, 0.3) is 22.3 Å². The van der Waals surface area contributed by atoms with Crippen LogP contribution < -0.4 is 16.5 Å². The fraction of sp³-hybridized carbons (Fsp3) is 0.318. The normalized spacial score (nSPS) is 14.8. The molecule has 0 saturated carbocycles. The molecule has 0 unspecified atom stereocenters. The lowest BCUT2D eigenvalue weighted by Gasteiger charge is -2.26. The summed E-state index contributed by atoms with van der Waals surface area (Å²) in [4.78, 5) is 15.0. The predicted octanol–water partition coefficient (Wildman–Crippen LogP) is 3.59. The van der Waals surface area contributed by atoms with Crippen molar-refractivity contribution in [2.75, 3.05) is 50.4 Å². The fourth-order valence-corrected chi connectivity index (χ4v) is 3.60. The molecule has 31 heavy (non-hydrogen) atoms. The van der Waals surface area contributed by atoms with Crippen LogP contribution in [-0.4, -0.2) is 44.3 Å². The van der Waals surface area contributed by atoms with Crippen LogP contribution in [0.5, 0.6) is 0 Å². The number of fused-ring (bicyclic) bond motifs is 1. The molecule has 0 amide bonds. The number of nitrogens with two attached hydrogens (primary N) is 1. The number of hydrogen-bond donors (Lipinski definition) is 2. The average molecular weight is 433 g/mol. The molecule has 2 aromatic carbocycles. The molecule has 3 aromatic rings. The molecular formula is C22H22F3N3O3. The number of nitrogens with one attached hydrogen (secondary N) is 1. The van der Waals surface area contributed by atoms with E-state index in [4.69, 9.17) is 14.9 Å². The molecule has 0 atom stereocenters.